The Morgan fingerprint density at radius 2 is 1.58 bits per heavy atom. The molecule has 1 N–H and O–H groups in total. The van der Waals surface area contributed by atoms with E-state index in [-0.39, 0.29) is 11.2 Å². The van der Waals surface area contributed by atoms with Crippen LogP contribution in [0.25, 0.3) is 0 Å². The Labute approximate surface area is 112 Å². The molecule has 1 aliphatic heterocycles. The molecular weight excluding hydrogens is 245 g/mol. The Morgan fingerprint density at radius 3 is 2.11 bits per heavy atom. The van der Waals surface area contributed by atoms with E-state index in [0.29, 0.717) is 13.2 Å². The van der Waals surface area contributed by atoms with Crippen LogP contribution in [-0.2, 0) is 14.9 Å². The summed E-state index contributed by atoms with van der Waals surface area (Å²) < 4.78 is 24.5. The van der Waals surface area contributed by atoms with Gasteiger partial charge in [-0.05, 0) is 30.5 Å². The summed E-state index contributed by atoms with van der Waals surface area (Å²) in [5.41, 5.74) is 0.714. The van der Waals surface area contributed by atoms with Gasteiger partial charge in [-0.25, -0.2) is 4.39 Å². The zero-order valence-corrected chi connectivity index (χ0v) is 10.8. The van der Waals surface area contributed by atoms with Gasteiger partial charge < -0.3 is 14.9 Å². The van der Waals surface area contributed by atoms with E-state index in [1.165, 1.54) is 18.3 Å². The van der Waals surface area contributed by atoms with Crippen molar-refractivity contribution in [1.82, 2.24) is 0 Å². The molecule has 0 atom stereocenters. The van der Waals surface area contributed by atoms with E-state index >= 15 is 0 Å². The van der Waals surface area contributed by atoms with Crippen molar-refractivity contribution in [3.8, 4) is 0 Å². The van der Waals surface area contributed by atoms with Crippen LogP contribution in [0, 0.1) is 11.2 Å². The van der Waals surface area contributed by atoms with Gasteiger partial charge in [-0.15, -0.1) is 0 Å². The average molecular weight is 263 g/mol. The zero-order chi connectivity index (χ0) is 13.3. The number of hydrogen-bond donors (Lipinski definition) is 1. The Bertz CT molecular complexity index is 456. The first-order valence-electron chi connectivity index (χ1n) is 6.74. The Balaban J connectivity index is 1.82. The summed E-state index contributed by atoms with van der Waals surface area (Å²) in [5, 5.41) is 7.80. The average Bonchev–Trinajstić information content (AvgIpc) is 2.90. The van der Waals surface area contributed by atoms with Crippen molar-refractivity contribution in [2.75, 3.05) is 13.2 Å². The molecule has 0 aromatic heterocycles. The highest BCUT2D eigenvalue weighted by molar-refractivity contribution is 5.71. The van der Waals surface area contributed by atoms with Crippen LogP contribution in [0.1, 0.15) is 31.2 Å². The number of nitrogens with one attached hydrogen (secondary N) is 1. The van der Waals surface area contributed by atoms with Crippen molar-refractivity contribution in [3.63, 3.8) is 0 Å². The van der Waals surface area contributed by atoms with Crippen LogP contribution in [0.3, 0.4) is 0 Å². The molecule has 2 aliphatic rings. The van der Waals surface area contributed by atoms with Crippen molar-refractivity contribution >= 4 is 6.21 Å². The lowest BCUT2D eigenvalue weighted by Gasteiger charge is -2.41. The molecule has 3 rings (SSSR count). The summed E-state index contributed by atoms with van der Waals surface area (Å²) in [7, 11) is 0. The fourth-order valence-corrected chi connectivity index (χ4v) is 3.16. The second kappa shape index (κ2) is 4.69. The highest BCUT2D eigenvalue weighted by Gasteiger charge is 2.46. The van der Waals surface area contributed by atoms with Gasteiger partial charge >= 0.3 is 0 Å². The molecule has 1 spiro atoms. The predicted molar refractivity (Wildman–Crippen MR) is 70.0 cm³/mol. The molecule has 4 heteroatoms. The Morgan fingerprint density at radius 1 is 1.00 bits per heavy atom. The molecular formula is C15H18FNO2. The molecule has 0 bridgehead atoms. The molecule has 1 aromatic rings. The van der Waals surface area contributed by atoms with Crippen LogP contribution < -0.4 is 0 Å². The Hall–Kier alpha value is -1.26. The number of ether oxygens (including phenoxy) is 2. The molecule has 1 aliphatic carbocycles. The third-order valence-corrected chi connectivity index (χ3v) is 4.41. The predicted octanol–water partition coefficient (Wildman–Crippen LogP) is 3.03. The standard InChI is InChI=1S/C15H18FNO2/c16-13-3-1-12(2-4-13)14(11-17)5-7-15(8-6-14)18-9-10-19-15/h1-4,11,17H,5-10H2. The number of benzene rings is 1. The summed E-state index contributed by atoms with van der Waals surface area (Å²) in [6, 6.07) is 6.50. The van der Waals surface area contributed by atoms with Crippen LogP contribution in [0.2, 0.25) is 0 Å². The van der Waals surface area contributed by atoms with Crippen LogP contribution >= 0.6 is 0 Å². The summed E-state index contributed by atoms with van der Waals surface area (Å²) in [6.45, 7) is 1.32. The molecule has 3 nitrogen and oxygen atoms in total. The third-order valence-electron chi connectivity index (χ3n) is 4.41. The monoisotopic (exact) mass is 263 g/mol. The minimum atomic E-state index is -0.424. The van der Waals surface area contributed by atoms with Gasteiger partial charge in [0.25, 0.3) is 0 Å². The molecule has 19 heavy (non-hydrogen) atoms. The maximum atomic E-state index is 13.0. The van der Waals surface area contributed by atoms with Crippen LogP contribution in [-0.4, -0.2) is 25.2 Å². The molecule has 1 heterocycles. The lowest BCUT2D eigenvalue weighted by atomic mass is 9.68. The normalized spacial score (nSPS) is 24.5. The molecule has 102 valence electrons. The van der Waals surface area contributed by atoms with E-state index in [0.717, 1.165) is 31.2 Å². The van der Waals surface area contributed by atoms with E-state index in [1.54, 1.807) is 12.1 Å². The maximum Gasteiger partial charge on any atom is 0.168 e. The van der Waals surface area contributed by atoms with Crippen molar-refractivity contribution in [3.05, 3.63) is 35.6 Å². The van der Waals surface area contributed by atoms with E-state index in [2.05, 4.69) is 0 Å². The van der Waals surface area contributed by atoms with E-state index < -0.39 is 5.79 Å². The van der Waals surface area contributed by atoms with Gasteiger partial charge in [-0.2, -0.15) is 0 Å². The second-order valence-electron chi connectivity index (χ2n) is 5.41. The second-order valence-corrected chi connectivity index (χ2v) is 5.41. The SMILES string of the molecule is N=CC1(c2ccc(F)cc2)CCC2(CC1)OCCO2. The van der Waals surface area contributed by atoms with Crippen LogP contribution in [0.4, 0.5) is 4.39 Å². The van der Waals surface area contributed by atoms with Gasteiger partial charge in [0, 0.05) is 24.5 Å². The number of hydrogen-bond acceptors (Lipinski definition) is 3. The number of rotatable bonds is 2. The fraction of sp³-hybridized carbons (Fsp3) is 0.533. The first kappa shape index (κ1) is 12.8. The maximum absolute atomic E-state index is 13.0. The van der Waals surface area contributed by atoms with Crippen molar-refractivity contribution in [2.24, 2.45) is 0 Å². The molecule has 1 aromatic carbocycles. The van der Waals surface area contributed by atoms with Gasteiger partial charge in [0.15, 0.2) is 5.79 Å². The van der Waals surface area contributed by atoms with Gasteiger partial charge in [0.1, 0.15) is 5.82 Å². The van der Waals surface area contributed by atoms with E-state index in [4.69, 9.17) is 14.9 Å². The molecule has 0 unspecified atom stereocenters. The van der Waals surface area contributed by atoms with Gasteiger partial charge in [0.2, 0.25) is 0 Å². The minimum Gasteiger partial charge on any atom is -0.348 e. The molecule has 2 fully saturated rings. The Kier molecular flexibility index (Phi) is 3.15. The highest BCUT2D eigenvalue weighted by atomic mass is 19.1. The van der Waals surface area contributed by atoms with Gasteiger partial charge in [-0.3, -0.25) is 0 Å². The van der Waals surface area contributed by atoms with Gasteiger partial charge in [0.05, 0.1) is 13.2 Å². The summed E-state index contributed by atoms with van der Waals surface area (Å²) in [6.07, 6.45) is 4.70. The summed E-state index contributed by atoms with van der Waals surface area (Å²) in [5.74, 6) is -0.661. The fourth-order valence-electron chi connectivity index (χ4n) is 3.16. The molecule has 1 saturated heterocycles. The lowest BCUT2D eigenvalue weighted by molar-refractivity contribution is -0.181. The molecule has 0 radical (unpaired) electrons. The lowest BCUT2D eigenvalue weighted by Crippen LogP contribution is -2.42. The smallest absolute Gasteiger partial charge is 0.168 e. The molecule has 0 amide bonds. The van der Waals surface area contributed by atoms with Crippen LogP contribution in [0.15, 0.2) is 24.3 Å². The zero-order valence-electron chi connectivity index (χ0n) is 10.8. The van der Waals surface area contributed by atoms with Crippen LogP contribution in [0.5, 0.6) is 0 Å². The largest absolute Gasteiger partial charge is 0.348 e. The summed E-state index contributed by atoms with van der Waals surface area (Å²) in [4.78, 5) is 0. The van der Waals surface area contributed by atoms with E-state index in [1.807, 2.05) is 0 Å². The number of halogens is 1. The van der Waals surface area contributed by atoms with Crippen molar-refractivity contribution in [1.29, 1.82) is 5.41 Å². The third kappa shape index (κ3) is 2.19. The van der Waals surface area contributed by atoms with Crippen molar-refractivity contribution in [2.45, 2.75) is 36.9 Å². The van der Waals surface area contributed by atoms with Gasteiger partial charge in [-0.1, -0.05) is 12.1 Å². The minimum absolute atomic E-state index is 0.237. The molecule has 1 saturated carbocycles. The quantitative estimate of drug-likeness (QED) is 0.833. The first-order chi connectivity index (χ1) is 9.18. The summed E-state index contributed by atoms with van der Waals surface area (Å²) >= 11 is 0. The highest BCUT2D eigenvalue weighted by Crippen LogP contribution is 2.45. The topological polar surface area (TPSA) is 42.3 Å². The van der Waals surface area contributed by atoms with E-state index in [9.17, 15) is 4.39 Å². The van der Waals surface area contributed by atoms with Crippen molar-refractivity contribution < 1.29 is 13.9 Å². The first-order valence-corrected chi connectivity index (χ1v) is 6.74.